The predicted octanol–water partition coefficient (Wildman–Crippen LogP) is 3.29. The smallest absolute Gasteiger partial charge is 0.384 e. The van der Waals surface area contributed by atoms with Gasteiger partial charge in [0.05, 0.1) is 16.9 Å². The molecule has 0 unspecified atom stereocenters. The highest BCUT2D eigenvalue weighted by atomic mass is 19.4. The van der Waals surface area contributed by atoms with Crippen molar-refractivity contribution < 1.29 is 13.2 Å². The molecule has 0 saturated carbocycles. The number of hydrogen-bond donors (Lipinski definition) is 1. The molecule has 0 saturated heterocycles. The number of hydrogen-bond acceptors (Lipinski definition) is 4. The Morgan fingerprint density at radius 2 is 1.62 bits per heavy atom. The fourth-order valence-corrected chi connectivity index (χ4v) is 1.93. The van der Waals surface area contributed by atoms with Gasteiger partial charge in [-0.3, -0.25) is 0 Å². The van der Waals surface area contributed by atoms with Crippen LogP contribution < -0.4 is 5.73 Å². The number of pyridine rings is 1. The van der Waals surface area contributed by atoms with Crippen LogP contribution in [0.3, 0.4) is 0 Å². The molecule has 106 valence electrons. The lowest BCUT2D eigenvalue weighted by Gasteiger charge is -2.08. The van der Waals surface area contributed by atoms with Gasteiger partial charge in [-0.2, -0.15) is 13.2 Å². The van der Waals surface area contributed by atoms with Crippen molar-refractivity contribution in [2.24, 2.45) is 0 Å². The molecule has 2 heterocycles. The average Bonchev–Trinajstić information content (AvgIpc) is 2.45. The Morgan fingerprint density at radius 3 is 2.38 bits per heavy atom. The van der Waals surface area contributed by atoms with Gasteiger partial charge < -0.3 is 5.73 Å². The van der Waals surface area contributed by atoms with E-state index < -0.39 is 12.0 Å². The number of nitrogen functional groups attached to an aromatic ring is 1. The second-order valence-electron chi connectivity index (χ2n) is 4.39. The number of alkyl halides is 3. The number of fused-ring (bicyclic) bond motifs is 1. The van der Waals surface area contributed by atoms with Crippen LogP contribution in [0.2, 0.25) is 0 Å². The Bertz CT molecular complexity index is 815. The van der Waals surface area contributed by atoms with Crippen LogP contribution in [0, 0.1) is 0 Å². The van der Waals surface area contributed by atoms with E-state index in [-0.39, 0.29) is 11.5 Å². The molecule has 7 heteroatoms. The lowest BCUT2D eigenvalue weighted by molar-refractivity contribution is -0.144. The van der Waals surface area contributed by atoms with Gasteiger partial charge in [-0.1, -0.05) is 24.3 Å². The molecule has 0 aliphatic carbocycles. The van der Waals surface area contributed by atoms with Crippen molar-refractivity contribution in [3.8, 4) is 11.4 Å². The van der Waals surface area contributed by atoms with Crippen LogP contribution in [0.15, 0.2) is 42.5 Å². The quantitative estimate of drug-likeness (QED) is 0.747. The van der Waals surface area contributed by atoms with Gasteiger partial charge in [0.15, 0.2) is 0 Å². The van der Waals surface area contributed by atoms with E-state index in [1.165, 1.54) is 6.07 Å². The third-order valence-corrected chi connectivity index (χ3v) is 2.86. The zero-order valence-electron chi connectivity index (χ0n) is 10.6. The molecule has 1 aromatic carbocycles. The monoisotopic (exact) mass is 290 g/mol. The van der Waals surface area contributed by atoms with Gasteiger partial charge in [-0.05, 0) is 12.1 Å². The van der Waals surface area contributed by atoms with E-state index in [0.29, 0.717) is 11.2 Å². The fourth-order valence-electron chi connectivity index (χ4n) is 1.93. The summed E-state index contributed by atoms with van der Waals surface area (Å²) in [5.41, 5.74) is 6.45. The van der Waals surface area contributed by atoms with Gasteiger partial charge in [0, 0.05) is 11.5 Å². The largest absolute Gasteiger partial charge is 0.451 e. The lowest BCUT2D eigenvalue weighted by atomic mass is 10.2. The van der Waals surface area contributed by atoms with Crippen molar-refractivity contribution in [2.75, 3.05) is 5.73 Å². The maximum Gasteiger partial charge on any atom is 0.451 e. The van der Waals surface area contributed by atoms with Crippen molar-refractivity contribution >= 4 is 16.7 Å². The van der Waals surface area contributed by atoms with Gasteiger partial charge >= 0.3 is 6.18 Å². The number of nitrogens with two attached hydrogens (primary N) is 1. The first-order valence-corrected chi connectivity index (χ1v) is 6.01. The maximum atomic E-state index is 12.7. The van der Waals surface area contributed by atoms with Crippen LogP contribution in [0.1, 0.15) is 5.82 Å². The molecule has 0 amide bonds. The fraction of sp³-hybridized carbons (Fsp3) is 0.0714. The molecule has 0 fully saturated rings. The molecular formula is C14H9F3N4. The molecule has 2 N–H and O–H groups in total. The topological polar surface area (TPSA) is 64.7 Å². The second kappa shape index (κ2) is 4.69. The number of para-hydroxylation sites is 1. The van der Waals surface area contributed by atoms with E-state index in [1.54, 1.807) is 24.3 Å². The van der Waals surface area contributed by atoms with Crippen molar-refractivity contribution in [3.63, 3.8) is 0 Å². The SMILES string of the molecule is Nc1cc(-c2ccc3ccccc3n2)nc(C(F)(F)F)n1. The van der Waals surface area contributed by atoms with Gasteiger partial charge in [0.2, 0.25) is 5.82 Å². The van der Waals surface area contributed by atoms with Crippen molar-refractivity contribution in [2.45, 2.75) is 6.18 Å². The molecule has 3 rings (SSSR count). The number of nitrogens with zero attached hydrogens (tertiary/aromatic N) is 3. The van der Waals surface area contributed by atoms with Crippen molar-refractivity contribution in [1.29, 1.82) is 0 Å². The number of halogens is 3. The summed E-state index contributed by atoms with van der Waals surface area (Å²) in [4.78, 5) is 11.0. The molecule has 0 bridgehead atoms. The Kier molecular flexibility index (Phi) is 2.97. The predicted molar refractivity (Wildman–Crippen MR) is 72.2 cm³/mol. The Hall–Kier alpha value is -2.70. The summed E-state index contributed by atoms with van der Waals surface area (Å²) in [5.74, 6) is -1.52. The van der Waals surface area contributed by atoms with Crippen LogP contribution in [-0.4, -0.2) is 15.0 Å². The molecule has 3 aromatic rings. The molecule has 2 aromatic heterocycles. The molecule has 0 radical (unpaired) electrons. The third kappa shape index (κ3) is 2.62. The Balaban J connectivity index is 2.16. The van der Waals surface area contributed by atoms with Gasteiger partial charge in [-0.25, -0.2) is 15.0 Å². The van der Waals surface area contributed by atoms with Crippen molar-refractivity contribution in [1.82, 2.24) is 15.0 Å². The molecule has 21 heavy (non-hydrogen) atoms. The van der Waals surface area contributed by atoms with E-state index in [0.717, 1.165) is 5.39 Å². The highest BCUT2D eigenvalue weighted by Crippen LogP contribution is 2.29. The van der Waals surface area contributed by atoms with Crippen LogP contribution >= 0.6 is 0 Å². The van der Waals surface area contributed by atoms with Gasteiger partial charge in [0.25, 0.3) is 0 Å². The number of benzene rings is 1. The van der Waals surface area contributed by atoms with Crippen LogP contribution in [0.5, 0.6) is 0 Å². The summed E-state index contributed by atoms with van der Waals surface area (Å²) in [5, 5.41) is 0.888. The molecule has 4 nitrogen and oxygen atoms in total. The summed E-state index contributed by atoms with van der Waals surface area (Å²) in [6.45, 7) is 0. The third-order valence-electron chi connectivity index (χ3n) is 2.86. The molecule has 0 spiro atoms. The van der Waals surface area contributed by atoms with E-state index >= 15 is 0 Å². The summed E-state index contributed by atoms with van der Waals surface area (Å²) in [7, 11) is 0. The van der Waals surface area contributed by atoms with Crippen molar-refractivity contribution in [3.05, 3.63) is 48.3 Å². The Morgan fingerprint density at radius 1 is 0.857 bits per heavy atom. The first-order chi connectivity index (χ1) is 9.93. The van der Waals surface area contributed by atoms with E-state index in [4.69, 9.17) is 5.73 Å². The van der Waals surface area contributed by atoms with Gasteiger partial charge in [0.1, 0.15) is 5.82 Å². The Labute approximate surface area is 117 Å². The van der Waals surface area contributed by atoms with Gasteiger partial charge in [-0.15, -0.1) is 0 Å². The maximum absolute atomic E-state index is 12.7. The van der Waals surface area contributed by atoms with Crippen LogP contribution in [0.4, 0.5) is 19.0 Å². The minimum Gasteiger partial charge on any atom is -0.384 e. The first kappa shape index (κ1) is 13.3. The highest BCUT2D eigenvalue weighted by molar-refractivity contribution is 5.81. The number of anilines is 1. The van der Waals surface area contributed by atoms with E-state index in [2.05, 4.69) is 15.0 Å². The summed E-state index contributed by atoms with van der Waals surface area (Å²) in [6.07, 6.45) is -4.65. The average molecular weight is 290 g/mol. The van der Waals surface area contributed by atoms with E-state index in [1.807, 2.05) is 12.1 Å². The molecular weight excluding hydrogens is 281 g/mol. The molecule has 0 aliphatic heterocycles. The summed E-state index contributed by atoms with van der Waals surface area (Å²) < 4.78 is 38.1. The standard InChI is InChI=1S/C14H9F3N4/c15-14(16,17)13-20-11(7-12(18)21-13)10-6-5-8-3-1-2-4-9(8)19-10/h1-7H,(H2,18,20,21). The lowest BCUT2D eigenvalue weighted by Crippen LogP contribution is -2.13. The first-order valence-electron chi connectivity index (χ1n) is 6.01. The van der Waals surface area contributed by atoms with E-state index in [9.17, 15) is 13.2 Å². The second-order valence-corrected chi connectivity index (χ2v) is 4.39. The minimum atomic E-state index is -4.65. The minimum absolute atomic E-state index is 0.0422. The normalized spacial score (nSPS) is 11.8. The zero-order valence-corrected chi connectivity index (χ0v) is 10.6. The summed E-state index contributed by atoms with van der Waals surface area (Å²) in [6, 6.07) is 11.9. The number of aromatic nitrogens is 3. The zero-order chi connectivity index (χ0) is 15.0. The summed E-state index contributed by atoms with van der Waals surface area (Å²) >= 11 is 0. The highest BCUT2D eigenvalue weighted by Gasteiger charge is 2.35. The number of rotatable bonds is 1. The van der Waals surface area contributed by atoms with Crippen LogP contribution in [-0.2, 0) is 6.18 Å². The van der Waals surface area contributed by atoms with Crippen LogP contribution in [0.25, 0.3) is 22.3 Å². The molecule has 0 aliphatic rings. The molecule has 0 atom stereocenters.